The number of phenolic OH excluding ortho intramolecular Hbond substituents is 2. The van der Waals surface area contributed by atoms with Crippen molar-refractivity contribution in [1.82, 2.24) is 4.90 Å². The lowest BCUT2D eigenvalue weighted by molar-refractivity contribution is 0.0890. The van der Waals surface area contributed by atoms with Crippen LogP contribution in [-0.2, 0) is 0 Å². The number of benzene rings is 1. The van der Waals surface area contributed by atoms with Crippen LogP contribution < -0.4 is 0 Å². The molecule has 4 heteroatoms. The Bertz CT molecular complexity index is 445. The van der Waals surface area contributed by atoms with E-state index in [1.54, 1.807) is 0 Å². The molecule has 0 aliphatic carbocycles. The number of carbonyl (C=O) groups is 1. The minimum absolute atomic E-state index is 0.0318. The number of ketones is 1. The first-order valence-electron chi connectivity index (χ1n) is 6.34. The van der Waals surface area contributed by atoms with Gasteiger partial charge in [0.15, 0.2) is 5.78 Å². The molecule has 0 aromatic heterocycles. The van der Waals surface area contributed by atoms with E-state index in [-0.39, 0.29) is 22.8 Å². The minimum atomic E-state index is -0.148. The number of aromatic hydroxyl groups is 2. The van der Waals surface area contributed by atoms with Crippen molar-refractivity contribution in [3.05, 3.63) is 23.8 Å². The van der Waals surface area contributed by atoms with Crippen molar-refractivity contribution in [2.24, 2.45) is 5.92 Å². The van der Waals surface area contributed by atoms with Gasteiger partial charge in [-0.2, -0.15) is 0 Å². The maximum absolute atomic E-state index is 12.1. The van der Waals surface area contributed by atoms with E-state index >= 15 is 0 Å². The third-order valence-electron chi connectivity index (χ3n) is 3.39. The molecule has 0 radical (unpaired) electrons. The van der Waals surface area contributed by atoms with E-state index < -0.39 is 0 Å². The molecule has 1 unspecified atom stereocenters. The number of hydrogen-bond acceptors (Lipinski definition) is 4. The van der Waals surface area contributed by atoms with Crippen LogP contribution in [0.3, 0.4) is 0 Å². The lowest BCUT2D eigenvalue weighted by Crippen LogP contribution is -2.37. The highest BCUT2D eigenvalue weighted by molar-refractivity contribution is 6.00. The zero-order valence-corrected chi connectivity index (χ0v) is 10.6. The fraction of sp³-hybridized carbons (Fsp3) is 0.500. The van der Waals surface area contributed by atoms with Gasteiger partial charge in [-0.15, -0.1) is 0 Å². The molecule has 0 amide bonds. The molecule has 0 saturated carbocycles. The Morgan fingerprint density at radius 3 is 2.89 bits per heavy atom. The van der Waals surface area contributed by atoms with Crippen LogP contribution in [0.15, 0.2) is 18.2 Å². The van der Waals surface area contributed by atoms with E-state index in [1.807, 2.05) is 0 Å². The summed E-state index contributed by atoms with van der Waals surface area (Å²) in [6.45, 7) is 4.40. The molecule has 1 aromatic rings. The average Bonchev–Trinajstić information content (AvgIpc) is 2.28. The van der Waals surface area contributed by atoms with Gasteiger partial charge in [0.2, 0.25) is 0 Å². The lowest BCUT2D eigenvalue weighted by atomic mass is 9.99. The fourth-order valence-corrected chi connectivity index (χ4v) is 2.47. The van der Waals surface area contributed by atoms with Gasteiger partial charge in [-0.1, -0.05) is 6.92 Å². The van der Waals surface area contributed by atoms with Crippen LogP contribution in [0.4, 0.5) is 0 Å². The predicted octanol–water partition coefficient (Wildman–Crippen LogP) is 2.01. The summed E-state index contributed by atoms with van der Waals surface area (Å²) in [6, 6.07) is 4.10. The molecule has 1 fully saturated rings. The van der Waals surface area contributed by atoms with E-state index in [4.69, 9.17) is 0 Å². The number of Topliss-reactive ketones (excluding diaryl/α,β-unsaturated/α-hetero) is 1. The van der Waals surface area contributed by atoms with Gasteiger partial charge >= 0.3 is 0 Å². The molecule has 98 valence electrons. The van der Waals surface area contributed by atoms with Crippen LogP contribution >= 0.6 is 0 Å². The highest BCUT2D eigenvalue weighted by Gasteiger charge is 2.20. The molecular weight excluding hydrogens is 230 g/mol. The summed E-state index contributed by atoms with van der Waals surface area (Å²) in [4.78, 5) is 14.2. The second kappa shape index (κ2) is 5.40. The van der Waals surface area contributed by atoms with E-state index in [9.17, 15) is 15.0 Å². The molecule has 1 aliphatic rings. The van der Waals surface area contributed by atoms with Crippen LogP contribution in [0.1, 0.15) is 30.1 Å². The first-order valence-corrected chi connectivity index (χ1v) is 6.34. The highest BCUT2D eigenvalue weighted by Crippen LogP contribution is 2.24. The van der Waals surface area contributed by atoms with Crippen LogP contribution in [0.25, 0.3) is 0 Å². The standard InChI is InChI=1S/C14H19NO3/c1-10-3-2-6-15(8-10)9-14(18)12-5-4-11(16)7-13(12)17/h4-5,7,10,16-17H,2-3,6,8-9H2,1H3. The number of likely N-dealkylation sites (tertiary alicyclic amines) is 1. The van der Waals surface area contributed by atoms with E-state index in [0.29, 0.717) is 12.5 Å². The number of rotatable bonds is 3. The van der Waals surface area contributed by atoms with Gasteiger partial charge in [-0.25, -0.2) is 0 Å². The Balaban J connectivity index is 2.03. The van der Waals surface area contributed by atoms with E-state index in [2.05, 4.69) is 11.8 Å². The molecule has 1 aromatic carbocycles. The second-order valence-electron chi connectivity index (χ2n) is 5.11. The van der Waals surface area contributed by atoms with Crippen molar-refractivity contribution in [2.45, 2.75) is 19.8 Å². The summed E-state index contributed by atoms with van der Waals surface area (Å²) >= 11 is 0. The molecule has 18 heavy (non-hydrogen) atoms. The minimum Gasteiger partial charge on any atom is -0.508 e. The third-order valence-corrected chi connectivity index (χ3v) is 3.39. The monoisotopic (exact) mass is 249 g/mol. The molecule has 2 rings (SSSR count). The number of carbonyl (C=O) groups excluding carboxylic acids is 1. The number of nitrogens with zero attached hydrogens (tertiary/aromatic N) is 1. The molecule has 2 N–H and O–H groups in total. The summed E-state index contributed by atoms with van der Waals surface area (Å²) in [5.74, 6) is 0.349. The zero-order chi connectivity index (χ0) is 13.1. The summed E-state index contributed by atoms with van der Waals surface area (Å²) in [7, 11) is 0. The maximum Gasteiger partial charge on any atom is 0.180 e. The van der Waals surface area contributed by atoms with Crippen molar-refractivity contribution in [3.8, 4) is 11.5 Å². The van der Waals surface area contributed by atoms with Gasteiger partial charge in [-0.05, 0) is 37.4 Å². The van der Waals surface area contributed by atoms with Crippen molar-refractivity contribution < 1.29 is 15.0 Å². The summed E-state index contributed by atoms with van der Waals surface area (Å²) in [5.41, 5.74) is 0.283. The summed E-state index contributed by atoms with van der Waals surface area (Å²) < 4.78 is 0. The van der Waals surface area contributed by atoms with Gasteiger partial charge in [0.25, 0.3) is 0 Å². The van der Waals surface area contributed by atoms with Gasteiger partial charge in [0.05, 0.1) is 12.1 Å². The number of piperidine rings is 1. The quantitative estimate of drug-likeness (QED) is 0.804. The largest absolute Gasteiger partial charge is 0.508 e. The predicted molar refractivity (Wildman–Crippen MR) is 68.9 cm³/mol. The SMILES string of the molecule is CC1CCCN(CC(=O)c2ccc(O)cc2O)C1. The zero-order valence-electron chi connectivity index (χ0n) is 10.6. The van der Waals surface area contributed by atoms with Crippen LogP contribution in [0.5, 0.6) is 11.5 Å². The van der Waals surface area contributed by atoms with Gasteiger partial charge in [0.1, 0.15) is 11.5 Å². The van der Waals surface area contributed by atoms with Crippen molar-refractivity contribution in [2.75, 3.05) is 19.6 Å². The molecular formula is C14H19NO3. The Morgan fingerprint density at radius 2 is 2.22 bits per heavy atom. The van der Waals surface area contributed by atoms with E-state index in [0.717, 1.165) is 19.5 Å². The smallest absolute Gasteiger partial charge is 0.180 e. The molecule has 1 aliphatic heterocycles. The molecule has 1 heterocycles. The van der Waals surface area contributed by atoms with E-state index in [1.165, 1.54) is 24.6 Å². The Kier molecular flexibility index (Phi) is 3.87. The molecule has 1 atom stereocenters. The van der Waals surface area contributed by atoms with Crippen molar-refractivity contribution in [3.63, 3.8) is 0 Å². The fourth-order valence-electron chi connectivity index (χ4n) is 2.47. The molecule has 1 saturated heterocycles. The highest BCUT2D eigenvalue weighted by atomic mass is 16.3. The van der Waals surface area contributed by atoms with Gasteiger partial charge < -0.3 is 10.2 Å². The van der Waals surface area contributed by atoms with Gasteiger partial charge in [-0.3, -0.25) is 9.69 Å². The Morgan fingerprint density at radius 1 is 1.44 bits per heavy atom. The van der Waals surface area contributed by atoms with Crippen molar-refractivity contribution >= 4 is 5.78 Å². The van der Waals surface area contributed by atoms with Crippen molar-refractivity contribution in [1.29, 1.82) is 0 Å². The Labute approximate surface area is 107 Å². The Hall–Kier alpha value is -1.55. The van der Waals surface area contributed by atoms with Crippen LogP contribution in [0, 0.1) is 5.92 Å². The lowest BCUT2D eigenvalue weighted by Gasteiger charge is -2.30. The molecule has 0 bridgehead atoms. The second-order valence-corrected chi connectivity index (χ2v) is 5.11. The number of hydrogen-bond donors (Lipinski definition) is 2. The average molecular weight is 249 g/mol. The van der Waals surface area contributed by atoms with Gasteiger partial charge in [0, 0.05) is 12.6 Å². The van der Waals surface area contributed by atoms with Crippen LogP contribution in [0.2, 0.25) is 0 Å². The van der Waals surface area contributed by atoms with Crippen LogP contribution in [-0.4, -0.2) is 40.5 Å². The summed E-state index contributed by atoms with van der Waals surface area (Å²) in [6.07, 6.45) is 2.34. The first kappa shape index (κ1) is 12.9. The topological polar surface area (TPSA) is 60.8 Å². The number of phenols is 2. The normalized spacial score (nSPS) is 20.8. The molecule has 4 nitrogen and oxygen atoms in total. The first-order chi connectivity index (χ1) is 8.56. The molecule has 0 spiro atoms. The summed E-state index contributed by atoms with van der Waals surface area (Å²) in [5, 5.41) is 18.8. The third kappa shape index (κ3) is 3.01. The maximum atomic E-state index is 12.1.